The SMILES string of the molecule is COC(=O)/C(=N\OCc1ccccc1)C1CCCCC1. The Balaban J connectivity index is 1.98. The quantitative estimate of drug-likeness (QED) is 0.470. The maximum Gasteiger partial charge on any atom is 0.356 e. The predicted molar refractivity (Wildman–Crippen MR) is 77.3 cm³/mol. The highest BCUT2D eigenvalue weighted by molar-refractivity contribution is 6.37. The minimum atomic E-state index is -0.370. The molecule has 0 bridgehead atoms. The van der Waals surface area contributed by atoms with Gasteiger partial charge in [0.25, 0.3) is 0 Å². The number of esters is 1. The highest BCUT2D eigenvalue weighted by atomic mass is 16.6. The largest absolute Gasteiger partial charge is 0.464 e. The normalized spacial score (nSPS) is 16.8. The van der Waals surface area contributed by atoms with Gasteiger partial charge in [-0.1, -0.05) is 54.8 Å². The molecule has 0 amide bonds. The first-order valence-corrected chi connectivity index (χ1v) is 7.13. The molecule has 0 atom stereocenters. The predicted octanol–water partition coefficient (Wildman–Crippen LogP) is 3.31. The van der Waals surface area contributed by atoms with E-state index in [9.17, 15) is 4.79 Å². The van der Waals surface area contributed by atoms with Crippen LogP contribution in [0.25, 0.3) is 0 Å². The number of methoxy groups -OCH3 is 1. The maximum atomic E-state index is 11.8. The van der Waals surface area contributed by atoms with Gasteiger partial charge in [-0.3, -0.25) is 0 Å². The van der Waals surface area contributed by atoms with Crippen molar-refractivity contribution in [2.75, 3.05) is 7.11 Å². The molecule has 1 aliphatic rings. The Kier molecular flexibility index (Phi) is 5.59. The Morgan fingerprint density at radius 1 is 1.20 bits per heavy atom. The van der Waals surface area contributed by atoms with Gasteiger partial charge in [0.2, 0.25) is 0 Å². The third kappa shape index (κ3) is 4.08. The Bertz CT molecular complexity index is 450. The molecule has 1 aliphatic carbocycles. The van der Waals surface area contributed by atoms with E-state index in [2.05, 4.69) is 5.16 Å². The number of carbonyl (C=O) groups excluding carboxylic acids is 1. The Morgan fingerprint density at radius 3 is 2.55 bits per heavy atom. The second-order valence-corrected chi connectivity index (χ2v) is 5.06. The molecule has 0 saturated heterocycles. The van der Waals surface area contributed by atoms with Gasteiger partial charge >= 0.3 is 5.97 Å². The van der Waals surface area contributed by atoms with E-state index in [1.165, 1.54) is 13.5 Å². The molecule has 2 rings (SSSR count). The highest BCUT2D eigenvalue weighted by Gasteiger charge is 2.26. The van der Waals surface area contributed by atoms with Crippen LogP contribution in [0, 0.1) is 5.92 Å². The van der Waals surface area contributed by atoms with Crippen molar-refractivity contribution < 1.29 is 14.4 Å². The number of hydrogen-bond acceptors (Lipinski definition) is 4. The summed E-state index contributed by atoms with van der Waals surface area (Å²) in [6, 6.07) is 9.78. The number of ether oxygens (including phenoxy) is 1. The molecule has 0 aliphatic heterocycles. The van der Waals surface area contributed by atoms with Crippen LogP contribution in [0.2, 0.25) is 0 Å². The molecule has 0 aromatic heterocycles. The summed E-state index contributed by atoms with van der Waals surface area (Å²) < 4.78 is 4.82. The summed E-state index contributed by atoms with van der Waals surface area (Å²) in [6.45, 7) is 0.369. The van der Waals surface area contributed by atoms with Crippen molar-refractivity contribution in [3.05, 3.63) is 35.9 Å². The number of rotatable bonds is 5. The average Bonchev–Trinajstić information content (AvgIpc) is 2.53. The van der Waals surface area contributed by atoms with E-state index >= 15 is 0 Å². The lowest BCUT2D eigenvalue weighted by Gasteiger charge is -2.21. The standard InChI is InChI=1S/C16H21NO3/c1-19-16(18)15(14-10-6-3-7-11-14)17-20-12-13-8-4-2-5-9-13/h2,4-5,8-9,14H,3,6-7,10-12H2,1H3/b17-15-. The van der Waals surface area contributed by atoms with Gasteiger partial charge < -0.3 is 9.57 Å². The fraction of sp³-hybridized carbons (Fsp3) is 0.500. The summed E-state index contributed by atoms with van der Waals surface area (Å²) in [7, 11) is 1.39. The average molecular weight is 275 g/mol. The molecule has 1 aromatic carbocycles. The van der Waals surface area contributed by atoms with Crippen LogP contribution in [0.15, 0.2) is 35.5 Å². The Hall–Kier alpha value is -1.84. The monoisotopic (exact) mass is 275 g/mol. The topological polar surface area (TPSA) is 47.9 Å². The van der Waals surface area contributed by atoms with Crippen molar-refractivity contribution in [2.24, 2.45) is 11.1 Å². The maximum absolute atomic E-state index is 11.8. The number of hydrogen-bond donors (Lipinski definition) is 0. The lowest BCUT2D eigenvalue weighted by molar-refractivity contribution is -0.133. The zero-order valence-electron chi connectivity index (χ0n) is 11.9. The molecule has 0 radical (unpaired) electrons. The molecular weight excluding hydrogens is 254 g/mol. The summed E-state index contributed by atoms with van der Waals surface area (Å²) in [4.78, 5) is 17.2. The number of benzene rings is 1. The summed E-state index contributed by atoms with van der Waals surface area (Å²) in [5, 5.41) is 4.06. The number of carbonyl (C=O) groups is 1. The van der Waals surface area contributed by atoms with Crippen molar-refractivity contribution in [2.45, 2.75) is 38.7 Å². The minimum Gasteiger partial charge on any atom is -0.464 e. The molecule has 20 heavy (non-hydrogen) atoms. The zero-order chi connectivity index (χ0) is 14.2. The van der Waals surface area contributed by atoms with Crippen LogP contribution in [-0.2, 0) is 21.0 Å². The van der Waals surface area contributed by atoms with E-state index in [0.29, 0.717) is 12.3 Å². The van der Waals surface area contributed by atoms with Gasteiger partial charge in [0.15, 0.2) is 5.71 Å². The second-order valence-electron chi connectivity index (χ2n) is 5.06. The summed E-state index contributed by atoms with van der Waals surface area (Å²) >= 11 is 0. The minimum absolute atomic E-state index is 0.173. The molecule has 4 nitrogen and oxygen atoms in total. The third-order valence-corrected chi connectivity index (χ3v) is 3.62. The third-order valence-electron chi connectivity index (χ3n) is 3.62. The fourth-order valence-corrected chi connectivity index (χ4v) is 2.51. The van der Waals surface area contributed by atoms with Crippen LogP contribution in [0.4, 0.5) is 0 Å². The van der Waals surface area contributed by atoms with Crippen molar-refractivity contribution >= 4 is 11.7 Å². The van der Waals surface area contributed by atoms with Crippen molar-refractivity contribution in [3.8, 4) is 0 Å². The van der Waals surface area contributed by atoms with E-state index in [-0.39, 0.29) is 11.9 Å². The van der Waals surface area contributed by atoms with Crippen LogP contribution in [-0.4, -0.2) is 18.8 Å². The molecule has 0 spiro atoms. The molecule has 0 unspecified atom stereocenters. The Labute approximate surface area is 119 Å². The van der Waals surface area contributed by atoms with Crippen LogP contribution in [0.1, 0.15) is 37.7 Å². The lowest BCUT2D eigenvalue weighted by atomic mass is 9.86. The van der Waals surface area contributed by atoms with E-state index in [1.807, 2.05) is 30.3 Å². The first-order valence-electron chi connectivity index (χ1n) is 7.13. The molecule has 1 aromatic rings. The van der Waals surface area contributed by atoms with Gasteiger partial charge in [-0.15, -0.1) is 0 Å². The highest BCUT2D eigenvalue weighted by Crippen LogP contribution is 2.25. The van der Waals surface area contributed by atoms with E-state index in [1.54, 1.807) is 0 Å². The molecule has 0 N–H and O–H groups in total. The molecule has 108 valence electrons. The van der Waals surface area contributed by atoms with E-state index in [0.717, 1.165) is 31.2 Å². The summed E-state index contributed by atoms with van der Waals surface area (Å²) in [5.41, 5.74) is 1.47. The van der Waals surface area contributed by atoms with Gasteiger partial charge in [-0.25, -0.2) is 4.79 Å². The molecule has 1 saturated carbocycles. The summed E-state index contributed by atoms with van der Waals surface area (Å²) in [5.74, 6) is -0.197. The van der Waals surface area contributed by atoms with Gasteiger partial charge in [0.1, 0.15) is 6.61 Å². The van der Waals surface area contributed by atoms with E-state index in [4.69, 9.17) is 9.57 Å². The number of nitrogens with zero attached hydrogens (tertiary/aromatic N) is 1. The second kappa shape index (κ2) is 7.68. The zero-order valence-corrected chi connectivity index (χ0v) is 11.9. The first kappa shape index (κ1) is 14.6. The van der Waals surface area contributed by atoms with Crippen LogP contribution < -0.4 is 0 Å². The van der Waals surface area contributed by atoms with Gasteiger partial charge in [-0.05, 0) is 18.4 Å². The summed E-state index contributed by atoms with van der Waals surface area (Å²) in [6.07, 6.45) is 5.49. The van der Waals surface area contributed by atoms with Crippen LogP contribution in [0.5, 0.6) is 0 Å². The smallest absolute Gasteiger partial charge is 0.356 e. The van der Waals surface area contributed by atoms with Crippen molar-refractivity contribution in [3.63, 3.8) is 0 Å². The van der Waals surface area contributed by atoms with Gasteiger partial charge in [0.05, 0.1) is 7.11 Å². The number of oxime groups is 1. The fourth-order valence-electron chi connectivity index (χ4n) is 2.51. The molecule has 1 fully saturated rings. The molecule has 4 heteroatoms. The van der Waals surface area contributed by atoms with Crippen LogP contribution >= 0.6 is 0 Å². The van der Waals surface area contributed by atoms with Crippen LogP contribution in [0.3, 0.4) is 0 Å². The Morgan fingerprint density at radius 2 is 1.90 bits per heavy atom. The van der Waals surface area contributed by atoms with Crippen molar-refractivity contribution in [1.29, 1.82) is 0 Å². The van der Waals surface area contributed by atoms with E-state index < -0.39 is 0 Å². The molecule has 0 heterocycles. The van der Waals surface area contributed by atoms with Crippen molar-refractivity contribution in [1.82, 2.24) is 0 Å². The van der Waals surface area contributed by atoms with Gasteiger partial charge in [0, 0.05) is 5.92 Å². The first-order chi connectivity index (χ1) is 9.81. The molecular formula is C16H21NO3. The lowest BCUT2D eigenvalue weighted by Crippen LogP contribution is -2.27. The van der Waals surface area contributed by atoms with Gasteiger partial charge in [-0.2, -0.15) is 0 Å².